The van der Waals surface area contributed by atoms with Crippen molar-refractivity contribution in [2.24, 2.45) is 0 Å². The maximum absolute atomic E-state index is 5.47. The van der Waals surface area contributed by atoms with Gasteiger partial charge in [0.1, 0.15) is 5.69 Å². The lowest BCUT2D eigenvalue weighted by Crippen LogP contribution is -2.32. The average Bonchev–Trinajstić information content (AvgIpc) is 2.98. The molecule has 2 aromatic heterocycles. The Bertz CT molecular complexity index is 587. The molecule has 0 saturated heterocycles. The normalized spacial score (nSPS) is 22.4. The van der Waals surface area contributed by atoms with Gasteiger partial charge in [0.25, 0.3) is 0 Å². The summed E-state index contributed by atoms with van der Waals surface area (Å²) in [5, 5.41) is 7.61. The molecule has 21 heavy (non-hydrogen) atoms. The van der Waals surface area contributed by atoms with Gasteiger partial charge >= 0.3 is 0 Å². The zero-order valence-corrected chi connectivity index (χ0v) is 12.7. The third kappa shape index (κ3) is 3.29. The number of aromatic nitrogens is 3. The lowest BCUT2D eigenvalue weighted by atomic mass is 9.86. The van der Waals surface area contributed by atoms with Gasteiger partial charge in [-0.3, -0.25) is 0 Å². The SMILES string of the molecule is CCNC1CCC(c2nc(-c3cccc(C)n3)no2)CC1. The molecule has 0 aliphatic heterocycles. The van der Waals surface area contributed by atoms with Crippen LogP contribution in [0.2, 0.25) is 0 Å². The number of hydrogen-bond donors (Lipinski definition) is 1. The van der Waals surface area contributed by atoms with Crippen LogP contribution in [-0.4, -0.2) is 27.7 Å². The maximum Gasteiger partial charge on any atom is 0.230 e. The van der Waals surface area contributed by atoms with Gasteiger partial charge in [-0.2, -0.15) is 4.98 Å². The first-order valence-electron chi connectivity index (χ1n) is 7.77. The molecule has 0 spiro atoms. The highest BCUT2D eigenvalue weighted by atomic mass is 16.5. The predicted octanol–water partition coefficient (Wildman–Crippen LogP) is 3.08. The molecule has 5 heteroatoms. The van der Waals surface area contributed by atoms with Crippen LogP contribution in [0.5, 0.6) is 0 Å². The van der Waals surface area contributed by atoms with Gasteiger partial charge in [-0.05, 0) is 51.3 Å². The summed E-state index contributed by atoms with van der Waals surface area (Å²) in [5.41, 5.74) is 1.75. The molecule has 112 valence electrons. The summed E-state index contributed by atoms with van der Waals surface area (Å²) < 4.78 is 5.47. The van der Waals surface area contributed by atoms with E-state index < -0.39 is 0 Å². The number of pyridine rings is 1. The number of rotatable bonds is 4. The molecule has 2 aromatic rings. The van der Waals surface area contributed by atoms with Crippen molar-refractivity contribution in [2.75, 3.05) is 6.54 Å². The van der Waals surface area contributed by atoms with Crippen LogP contribution in [0.15, 0.2) is 22.7 Å². The summed E-state index contributed by atoms with van der Waals surface area (Å²) in [6.45, 7) is 5.16. The Hall–Kier alpha value is -1.75. The first-order valence-corrected chi connectivity index (χ1v) is 7.77. The first-order chi connectivity index (χ1) is 10.3. The van der Waals surface area contributed by atoms with E-state index >= 15 is 0 Å². The number of aryl methyl sites for hydroxylation is 1. The van der Waals surface area contributed by atoms with E-state index in [9.17, 15) is 0 Å². The van der Waals surface area contributed by atoms with E-state index in [1.807, 2.05) is 25.1 Å². The van der Waals surface area contributed by atoms with E-state index in [1.165, 1.54) is 12.8 Å². The molecular weight excluding hydrogens is 264 g/mol. The van der Waals surface area contributed by atoms with Crippen molar-refractivity contribution < 1.29 is 4.52 Å². The van der Waals surface area contributed by atoms with Gasteiger partial charge in [0.05, 0.1) is 0 Å². The summed E-state index contributed by atoms with van der Waals surface area (Å²) in [5.74, 6) is 1.76. The minimum absolute atomic E-state index is 0.394. The van der Waals surface area contributed by atoms with Crippen LogP contribution in [0.1, 0.15) is 50.1 Å². The molecule has 0 unspecified atom stereocenters. The summed E-state index contributed by atoms with van der Waals surface area (Å²) in [7, 11) is 0. The summed E-state index contributed by atoms with van der Waals surface area (Å²) in [4.78, 5) is 9.00. The number of nitrogens with zero attached hydrogens (tertiary/aromatic N) is 3. The van der Waals surface area contributed by atoms with Crippen molar-refractivity contribution in [2.45, 2.75) is 51.5 Å². The molecule has 5 nitrogen and oxygen atoms in total. The molecular formula is C16H22N4O. The summed E-state index contributed by atoms with van der Waals surface area (Å²) in [6.07, 6.45) is 4.58. The van der Waals surface area contributed by atoms with Crippen molar-refractivity contribution in [1.82, 2.24) is 20.4 Å². The topological polar surface area (TPSA) is 63.8 Å². The van der Waals surface area contributed by atoms with Crippen LogP contribution in [0, 0.1) is 6.92 Å². The van der Waals surface area contributed by atoms with Gasteiger partial charge in [-0.25, -0.2) is 4.98 Å². The van der Waals surface area contributed by atoms with Crippen LogP contribution in [0.3, 0.4) is 0 Å². The molecule has 3 rings (SSSR count). The second-order valence-corrected chi connectivity index (χ2v) is 5.73. The highest BCUT2D eigenvalue weighted by Crippen LogP contribution is 2.32. The molecule has 0 atom stereocenters. The molecule has 1 aliphatic rings. The van der Waals surface area contributed by atoms with Crippen molar-refractivity contribution in [3.8, 4) is 11.5 Å². The lowest BCUT2D eigenvalue weighted by Gasteiger charge is -2.26. The van der Waals surface area contributed by atoms with Crippen LogP contribution in [0.4, 0.5) is 0 Å². The second-order valence-electron chi connectivity index (χ2n) is 5.73. The minimum Gasteiger partial charge on any atom is -0.339 e. The maximum atomic E-state index is 5.47. The zero-order chi connectivity index (χ0) is 14.7. The molecule has 0 amide bonds. The fraction of sp³-hybridized carbons (Fsp3) is 0.562. The third-order valence-corrected chi connectivity index (χ3v) is 4.13. The highest BCUT2D eigenvalue weighted by molar-refractivity contribution is 5.48. The van der Waals surface area contributed by atoms with Gasteiger partial charge < -0.3 is 9.84 Å². The summed E-state index contributed by atoms with van der Waals surface area (Å²) >= 11 is 0. The van der Waals surface area contributed by atoms with E-state index in [-0.39, 0.29) is 0 Å². The Morgan fingerprint density at radius 1 is 1.19 bits per heavy atom. The molecule has 1 fully saturated rings. The molecule has 1 N–H and O–H groups in total. The van der Waals surface area contributed by atoms with Crippen LogP contribution < -0.4 is 5.32 Å². The Labute approximate surface area is 125 Å². The van der Waals surface area contributed by atoms with Crippen molar-refractivity contribution in [3.63, 3.8) is 0 Å². The van der Waals surface area contributed by atoms with Crippen molar-refractivity contribution in [3.05, 3.63) is 29.8 Å². The molecule has 0 aromatic carbocycles. The van der Waals surface area contributed by atoms with E-state index in [2.05, 4.69) is 27.4 Å². The van der Waals surface area contributed by atoms with Gasteiger partial charge in [0.2, 0.25) is 11.7 Å². The van der Waals surface area contributed by atoms with E-state index in [0.29, 0.717) is 17.8 Å². The molecule has 1 aliphatic carbocycles. The molecule has 0 bridgehead atoms. The zero-order valence-electron chi connectivity index (χ0n) is 12.7. The minimum atomic E-state index is 0.394. The standard InChI is InChI=1S/C16H22N4O/c1-3-17-13-9-7-12(8-10-13)16-19-15(20-21-16)14-6-4-5-11(2)18-14/h4-6,12-13,17H,3,7-10H2,1-2H3. The Morgan fingerprint density at radius 2 is 2.00 bits per heavy atom. The third-order valence-electron chi connectivity index (χ3n) is 4.13. The fourth-order valence-corrected chi connectivity index (χ4v) is 3.01. The van der Waals surface area contributed by atoms with Crippen LogP contribution in [-0.2, 0) is 0 Å². The van der Waals surface area contributed by atoms with E-state index in [0.717, 1.165) is 36.7 Å². The molecule has 2 heterocycles. The average molecular weight is 286 g/mol. The van der Waals surface area contributed by atoms with Crippen molar-refractivity contribution in [1.29, 1.82) is 0 Å². The fourth-order valence-electron chi connectivity index (χ4n) is 3.01. The lowest BCUT2D eigenvalue weighted by molar-refractivity contribution is 0.284. The van der Waals surface area contributed by atoms with Gasteiger partial charge in [0.15, 0.2) is 0 Å². The Balaban J connectivity index is 1.68. The van der Waals surface area contributed by atoms with Crippen LogP contribution in [0.25, 0.3) is 11.5 Å². The van der Waals surface area contributed by atoms with E-state index in [4.69, 9.17) is 4.52 Å². The largest absolute Gasteiger partial charge is 0.339 e. The summed E-state index contributed by atoms with van der Waals surface area (Å²) in [6, 6.07) is 6.50. The number of hydrogen-bond acceptors (Lipinski definition) is 5. The molecule has 1 saturated carbocycles. The Kier molecular flexibility index (Phi) is 4.29. The first kappa shape index (κ1) is 14.2. The molecule has 0 radical (unpaired) electrons. The predicted molar refractivity (Wildman–Crippen MR) is 80.9 cm³/mol. The van der Waals surface area contributed by atoms with Gasteiger partial charge in [-0.1, -0.05) is 18.1 Å². The smallest absolute Gasteiger partial charge is 0.230 e. The van der Waals surface area contributed by atoms with Crippen molar-refractivity contribution >= 4 is 0 Å². The quantitative estimate of drug-likeness (QED) is 0.935. The highest BCUT2D eigenvalue weighted by Gasteiger charge is 2.26. The van der Waals surface area contributed by atoms with Crippen LogP contribution >= 0.6 is 0 Å². The number of nitrogens with one attached hydrogen (secondary N) is 1. The monoisotopic (exact) mass is 286 g/mol. The van der Waals surface area contributed by atoms with E-state index in [1.54, 1.807) is 0 Å². The van der Waals surface area contributed by atoms with Gasteiger partial charge in [-0.15, -0.1) is 0 Å². The Morgan fingerprint density at radius 3 is 2.71 bits per heavy atom. The van der Waals surface area contributed by atoms with Gasteiger partial charge in [0, 0.05) is 17.7 Å². The second kappa shape index (κ2) is 6.35.